The summed E-state index contributed by atoms with van der Waals surface area (Å²) in [4.78, 5) is 24.4. The number of carbonyl (C=O) groups is 2. The van der Waals surface area contributed by atoms with E-state index < -0.39 is 36.2 Å². The molecule has 2 aromatic rings. The molecule has 0 radical (unpaired) electrons. The number of aromatic nitrogens is 1. The molecule has 0 amide bonds. The normalized spacial score (nSPS) is 17.0. The van der Waals surface area contributed by atoms with E-state index in [0.29, 0.717) is 35.7 Å². The molecule has 0 saturated carbocycles. The van der Waals surface area contributed by atoms with Gasteiger partial charge in [0.1, 0.15) is 0 Å². The molecule has 1 aliphatic heterocycles. The molecule has 1 fully saturated rings. The van der Waals surface area contributed by atoms with Crippen molar-refractivity contribution in [1.82, 2.24) is 4.57 Å². The molecule has 1 aromatic heterocycles. The number of aryl methyl sites for hydroxylation is 1. The number of esters is 1. The standard InChI is InChI=1S/C20H20F3NO4/c1-12-9-16(17(25)11-28-19(26)18-7-4-8-27-18)13(2)24(12)15-6-3-5-14(10-15)20(21,22)23/h3,5-6,9-10,18H,4,7-8,11H2,1-2H3/t18-/m0/s1. The zero-order valence-corrected chi connectivity index (χ0v) is 15.5. The summed E-state index contributed by atoms with van der Waals surface area (Å²) in [5, 5.41) is 0. The molecule has 5 nitrogen and oxygen atoms in total. The fourth-order valence-corrected chi connectivity index (χ4v) is 3.33. The Balaban J connectivity index is 1.80. The lowest BCUT2D eigenvalue weighted by Crippen LogP contribution is -2.25. The molecule has 0 N–H and O–H groups in total. The van der Waals surface area contributed by atoms with E-state index in [1.807, 2.05) is 0 Å². The van der Waals surface area contributed by atoms with Gasteiger partial charge in [-0.25, -0.2) is 4.79 Å². The lowest BCUT2D eigenvalue weighted by molar-refractivity contribution is -0.153. The Morgan fingerprint density at radius 3 is 2.64 bits per heavy atom. The van der Waals surface area contributed by atoms with Gasteiger partial charge >= 0.3 is 12.1 Å². The van der Waals surface area contributed by atoms with Crippen LogP contribution in [-0.4, -0.2) is 35.6 Å². The first-order valence-corrected chi connectivity index (χ1v) is 8.86. The summed E-state index contributed by atoms with van der Waals surface area (Å²) < 4.78 is 50.8. The van der Waals surface area contributed by atoms with Gasteiger partial charge in [-0.3, -0.25) is 4.79 Å². The zero-order valence-electron chi connectivity index (χ0n) is 15.5. The second-order valence-electron chi connectivity index (χ2n) is 6.70. The highest BCUT2D eigenvalue weighted by atomic mass is 19.4. The monoisotopic (exact) mass is 395 g/mol. The number of hydrogen-bond acceptors (Lipinski definition) is 4. The predicted molar refractivity (Wildman–Crippen MR) is 94.5 cm³/mol. The van der Waals surface area contributed by atoms with Crippen LogP contribution in [-0.2, 0) is 20.4 Å². The molecule has 150 valence electrons. The van der Waals surface area contributed by atoms with Crippen LogP contribution in [0.2, 0.25) is 0 Å². The van der Waals surface area contributed by atoms with E-state index in [1.165, 1.54) is 6.07 Å². The number of rotatable bonds is 5. The van der Waals surface area contributed by atoms with Crippen molar-refractivity contribution in [3.05, 3.63) is 52.8 Å². The van der Waals surface area contributed by atoms with Gasteiger partial charge in [-0.15, -0.1) is 0 Å². The van der Waals surface area contributed by atoms with Crippen molar-refractivity contribution in [1.29, 1.82) is 0 Å². The lowest BCUT2D eigenvalue weighted by Gasteiger charge is -2.13. The van der Waals surface area contributed by atoms with Gasteiger partial charge in [0.2, 0.25) is 5.78 Å². The third-order valence-corrected chi connectivity index (χ3v) is 4.70. The second-order valence-corrected chi connectivity index (χ2v) is 6.70. The van der Waals surface area contributed by atoms with E-state index in [2.05, 4.69) is 0 Å². The third kappa shape index (κ3) is 4.11. The minimum absolute atomic E-state index is 0.301. The Labute approximate surface area is 160 Å². The van der Waals surface area contributed by atoms with Crippen molar-refractivity contribution in [3.63, 3.8) is 0 Å². The van der Waals surface area contributed by atoms with Crippen LogP contribution in [0.1, 0.15) is 40.2 Å². The van der Waals surface area contributed by atoms with Crippen LogP contribution < -0.4 is 0 Å². The van der Waals surface area contributed by atoms with Gasteiger partial charge < -0.3 is 14.0 Å². The molecule has 0 unspecified atom stereocenters. The first kappa shape index (κ1) is 20.1. The molecule has 0 bridgehead atoms. The summed E-state index contributed by atoms with van der Waals surface area (Å²) in [7, 11) is 0. The van der Waals surface area contributed by atoms with Gasteiger partial charge in [0.25, 0.3) is 0 Å². The average molecular weight is 395 g/mol. The van der Waals surface area contributed by atoms with E-state index in [4.69, 9.17) is 9.47 Å². The van der Waals surface area contributed by atoms with Crippen molar-refractivity contribution in [2.75, 3.05) is 13.2 Å². The SMILES string of the molecule is Cc1cc(C(=O)COC(=O)[C@@H]2CCCO2)c(C)n1-c1cccc(C(F)(F)F)c1. The van der Waals surface area contributed by atoms with E-state index in [9.17, 15) is 22.8 Å². The quantitative estimate of drug-likeness (QED) is 0.567. The maximum atomic E-state index is 13.0. The third-order valence-electron chi connectivity index (χ3n) is 4.70. The minimum atomic E-state index is -4.46. The molecular weight excluding hydrogens is 375 g/mol. The maximum Gasteiger partial charge on any atom is 0.416 e. The van der Waals surface area contributed by atoms with Crippen molar-refractivity contribution in [2.24, 2.45) is 0 Å². The molecule has 28 heavy (non-hydrogen) atoms. The van der Waals surface area contributed by atoms with Gasteiger partial charge in [0.05, 0.1) is 5.56 Å². The topological polar surface area (TPSA) is 57.5 Å². The number of halogens is 3. The Kier molecular flexibility index (Phi) is 5.60. The summed E-state index contributed by atoms with van der Waals surface area (Å²) in [6, 6.07) is 6.47. The average Bonchev–Trinajstić information content (AvgIpc) is 3.27. The molecule has 1 aliphatic rings. The van der Waals surface area contributed by atoms with E-state index in [-0.39, 0.29) is 0 Å². The van der Waals surface area contributed by atoms with Crippen LogP contribution >= 0.6 is 0 Å². The molecule has 8 heteroatoms. The van der Waals surface area contributed by atoms with Gasteiger partial charge in [0, 0.05) is 29.2 Å². The number of carbonyl (C=O) groups excluding carboxylic acids is 2. The number of nitrogens with zero attached hydrogens (tertiary/aromatic N) is 1. The fraction of sp³-hybridized carbons (Fsp3) is 0.400. The highest BCUT2D eigenvalue weighted by molar-refractivity contribution is 5.99. The van der Waals surface area contributed by atoms with Crippen LogP contribution in [0.5, 0.6) is 0 Å². The molecule has 0 spiro atoms. The summed E-state index contributed by atoms with van der Waals surface area (Å²) in [6.45, 7) is 3.39. The van der Waals surface area contributed by atoms with Gasteiger partial charge in [-0.1, -0.05) is 6.07 Å². The van der Waals surface area contributed by atoms with Gasteiger partial charge in [0.15, 0.2) is 12.7 Å². The molecule has 1 aromatic carbocycles. The molecular formula is C20H20F3NO4. The zero-order chi connectivity index (χ0) is 20.5. The summed E-state index contributed by atoms with van der Waals surface area (Å²) >= 11 is 0. The number of hydrogen-bond donors (Lipinski definition) is 0. The van der Waals surface area contributed by atoms with Gasteiger partial charge in [-0.05, 0) is 51.0 Å². The van der Waals surface area contributed by atoms with E-state index in [1.54, 1.807) is 30.5 Å². The Morgan fingerprint density at radius 1 is 1.25 bits per heavy atom. The number of ether oxygens (including phenoxy) is 2. The highest BCUT2D eigenvalue weighted by Crippen LogP contribution is 2.31. The first-order valence-electron chi connectivity index (χ1n) is 8.86. The predicted octanol–water partition coefficient (Wildman–Crippen LogP) is 4.02. The van der Waals surface area contributed by atoms with E-state index >= 15 is 0 Å². The highest BCUT2D eigenvalue weighted by Gasteiger charge is 2.31. The van der Waals surface area contributed by atoms with Crippen LogP contribution in [0, 0.1) is 13.8 Å². The van der Waals surface area contributed by atoms with Crippen molar-refractivity contribution < 1.29 is 32.2 Å². The minimum Gasteiger partial charge on any atom is -0.455 e. The molecule has 2 heterocycles. The molecule has 1 atom stereocenters. The summed E-state index contributed by atoms with van der Waals surface area (Å²) in [5.74, 6) is -0.991. The number of benzene rings is 1. The van der Waals surface area contributed by atoms with Crippen LogP contribution in [0.25, 0.3) is 5.69 Å². The number of Topliss-reactive ketones (excluding diaryl/α,β-unsaturated/α-hetero) is 1. The van der Waals surface area contributed by atoms with Crippen molar-refractivity contribution in [3.8, 4) is 5.69 Å². The Bertz CT molecular complexity index is 895. The fourth-order valence-electron chi connectivity index (χ4n) is 3.33. The summed E-state index contributed by atoms with van der Waals surface area (Å²) in [6.07, 6.45) is -3.76. The van der Waals surface area contributed by atoms with Crippen molar-refractivity contribution >= 4 is 11.8 Å². The molecule has 1 saturated heterocycles. The molecule has 3 rings (SSSR count). The smallest absolute Gasteiger partial charge is 0.416 e. The lowest BCUT2D eigenvalue weighted by atomic mass is 10.1. The van der Waals surface area contributed by atoms with E-state index in [0.717, 1.165) is 18.6 Å². The Morgan fingerprint density at radius 2 is 2.00 bits per heavy atom. The second kappa shape index (κ2) is 7.79. The van der Waals surface area contributed by atoms with Crippen LogP contribution in [0.15, 0.2) is 30.3 Å². The van der Waals surface area contributed by atoms with Crippen molar-refractivity contribution in [2.45, 2.75) is 39.0 Å². The Hall–Kier alpha value is -2.61. The maximum absolute atomic E-state index is 13.0. The van der Waals surface area contributed by atoms with Crippen LogP contribution in [0.4, 0.5) is 13.2 Å². The molecule has 0 aliphatic carbocycles. The van der Waals surface area contributed by atoms with Gasteiger partial charge in [-0.2, -0.15) is 13.2 Å². The first-order chi connectivity index (χ1) is 13.2. The largest absolute Gasteiger partial charge is 0.455 e. The number of ketones is 1. The number of alkyl halides is 3. The summed E-state index contributed by atoms with van der Waals surface area (Å²) in [5.41, 5.74) is 0.923. The van der Waals surface area contributed by atoms with Crippen LogP contribution in [0.3, 0.4) is 0 Å².